The molecule has 0 heterocycles. The first-order valence-corrected chi connectivity index (χ1v) is 9.15. The van der Waals surface area contributed by atoms with Gasteiger partial charge in [0.15, 0.2) is 0 Å². The van der Waals surface area contributed by atoms with Crippen LogP contribution < -0.4 is 0 Å². The molecule has 0 aromatic heterocycles. The maximum atomic E-state index is 10.4. The highest BCUT2D eigenvalue weighted by Crippen LogP contribution is 2.38. The topological polar surface area (TPSA) is 37.3 Å². The Morgan fingerprint density at radius 3 is 1.81 bits per heavy atom. The Labute approximate surface area is 131 Å². The van der Waals surface area contributed by atoms with Crippen LogP contribution in [0.2, 0.25) is 0 Å². The van der Waals surface area contributed by atoms with Crippen molar-refractivity contribution in [3.05, 3.63) is 11.1 Å². The molecule has 0 saturated carbocycles. The number of hydrogen-bond donors (Lipinski definition) is 1. The van der Waals surface area contributed by atoms with Crippen LogP contribution in [0.5, 0.6) is 0 Å². The maximum Gasteiger partial charge on any atom is 0.303 e. The summed E-state index contributed by atoms with van der Waals surface area (Å²) in [5.74, 6) is -0.655. The third-order valence-corrected chi connectivity index (χ3v) is 4.50. The van der Waals surface area contributed by atoms with Gasteiger partial charge in [-0.1, -0.05) is 69.4 Å². The van der Waals surface area contributed by atoms with Gasteiger partial charge in [0.2, 0.25) is 0 Å². The number of rotatable bonds is 15. The maximum absolute atomic E-state index is 10.4. The highest BCUT2D eigenvalue weighted by atomic mass is 16.4. The number of aliphatic carboxylic acids is 1. The van der Waals surface area contributed by atoms with Crippen LogP contribution in [0.1, 0.15) is 103 Å². The lowest BCUT2D eigenvalue weighted by atomic mass is 10.1. The number of carbonyl (C=O) groups is 1. The van der Waals surface area contributed by atoms with E-state index in [2.05, 4.69) is 6.92 Å². The van der Waals surface area contributed by atoms with Crippen molar-refractivity contribution < 1.29 is 9.90 Å². The fourth-order valence-electron chi connectivity index (χ4n) is 3.01. The summed E-state index contributed by atoms with van der Waals surface area (Å²) in [5.41, 5.74) is 3.51. The van der Waals surface area contributed by atoms with Gasteiger partial charge >= 0.3 is 5.97 Å². The number of carboxylic acid groups (broad SMARTS) is 1. The van der Waals surface area contributed by atoms with Crippen LogP contribution in [0.15, 0.2) is 11.1 Å². The van der Waals surface area contributed by atoms with Gasteiger partial charge < -0.3 is 5.11 Å². The monoisotopic (exact) mass is 294 g/mol. The molecule has 122 valence electrons. The van der Waals surface area contributed by atoms with Crippen LogP contribution in [0.4, 0.5) is 0 Å². The zero-order valence-electron chi connectivity index (χ0n) is 14.0. The Morgan fingerprint density at radius 1 is 0.810 bits per heavy atom. The second-order valence-corrected chi connectivity index (χ2v) is 6.56. The molecular weight excluding hydrogens is 260 g/mol. The Balaban J connectivity index is 1.84. The van der Waals surface area contributed by atoms with Gasteiger partial charge in [-0.05, 0) is 38.5 Å². The number of unbranched alkanes of at least 4 members (excludes halogenated alkanes) is 9. The Morgan fingerprint density at radius 2 is 1.29 bits per heavy atom. The molecule has 21 heavy (non-hydrogen) atoms. The number of hydrogen-bond acceptors (Lipinski definition) is 1. The second-order valence-electron chi connectivity index (χ2n) is 6.56. The van der Waals surface area contributed by atoms with Crippen LogP contribution in [0.25, 0.3) is 0 Å². The van der Waals surface area contributed by atoms with Crippen LogP contribution >= 0.6 is 0 Å². The molecule has 1 aliphatic carbocycles. The van der Waals surface area contributed by atoms with Gasteiger partial charge in [0.25, 0.3) is 0 Å². The molecule has 0 atom stereocenters. The van der Waals surface area contributed by atoms with Crippen LogP contribution in [-0.4, -0.2) is 11.1 Å². The summed E-state index contributed by atoms with van der Waals surface area (Å²) in [6, 6.07) is 0. The van der Waals surface area contributed by atoms with Gasteiger partial charge in [0.05, 0.1) is 0 Å². The van der Waals surface area contributed by atoms with E-state index in [4.69, 9.17) is 5.11 Å². The lowest BCUT2D eigenvalue weighted by Gasteiger charge is -1.99. The summed E-state index contributed by atoms with van der Waals surface area (Å²) in [6.45, 7) is 2.27. The molecule has 2 heteroatoms. The fourth-order valence-corrected chi connectivity index (χ4v) is 3.01. The van der Waals surface area contributed by atoms with Crippen molar-refractivity contribution in [1.82, 2.24) is 0 Å². The van der Waals surface area contributed by atoms with E-state index < -0.39 is 5.97 Å². The highest BCUT2D eigenvalue weighted by Gasteiger charge is 2.19. The molecule has 0 aliphatic heterocycles. The normalized spacial score (nSPS) is 13.8. The first-order chi connectivity index (χ1) is 10.2. The minimum Gasteiger partial charge on any atom is -0.481 e. The van der Waals surface area contributed by atoms with E-state index in [1.807, 2.05) is 0 Å². The Bertz CT molecular complexity index is 318. The minimum atomic E-state index is -0.655. The van der Waals surface area contributed by atoms with E-state index in [0.717, 1.165) is 12.8 Å². The third kappa shape index (κ3) is 10.6. The predicted octanol–water partition coefficient (Wildman–Crippen LogP) is 6.25. The molecule has 0 aromatic carbocycles. The molecule has 0 saturated heterocycles. The van der Waals surface area contributed by atoms with Crippen molar-refractivity contribution in [3.63, 3.8) is 0 Å². The Kier molecular flexibility index (Phi) is 10.3. The summed E-state index contributed by atoms with van der Waals surface area (Å²) < 4.78 is 0. The van der Waals surface area contributed by atoms with Crippen LogP contribution in [0, 0.1) is 0 Å². The molecule has 0 amide bonds. The SMILES string of the molecule is CCCCCCCCC1=C(CCCCCCCC(=O)O)C1. The third-order valence-electron chi connectivity index (χ3n) is 4.50. The lowest BCUT2D eigenvalue weighted by Crippen LogP contribution is -1.93. The van der Waals surface area contributed by atoms with Crippen LogP contribution in [-0.2, 0) is 4.79 Å². The standard InChI is InChI=1S/C19H34O2/c1-2-3-4-5-7-10-13-17-16-18(17)14-11-8-6-9-12-15-19(20)21/h2-16H2,1H3,(H,20,21). The average molecular weight is 294 g/mol. The smallest absolute Gasteiger partial charge is 0.303 e. The van der Waals surface area contributed by atoms with Gasteiger partial charge in [-0.15, -0.1) is 0 Å². The zero-order chi connectivity index (χ0) is 15.3. The molecular formula is C19H34O2. The van der Waals surface area contributed by atoms with Gasteiger partial charge in [-0.25, -0.2) is 0 Å². The number of carboxylic acids is 1. The van der Waals surface area contributed by atoms with Crippen molar-refractivity contribution in [2.24, 2.45) is 0 Å². The van der Waals surface area contributed by atoms with Gasteiger partial charge in [-0.3, -0.25) is 4.79 Å². The Hall–Kier alpha value is -0.790. The molecule has 0 radical (unpaired) electrons. The van der Waals surface area contributed by atoms with E-state index >= 15 is 0 Å². The molecule has 0 fully saturated rings. The molecule has 0 bridgehead atoms. The summed E-state index contributed by atoms with van der Waals surface area (Å²) >= 11 is 0. The minimum absolute atomic E-state index is 0.341. The predicted molar refractivity (Wildman–Crippen MR) is 89.6 cm³/mol. The molecule has 0 aromatic rings. The van der Waals surface area contributed by atoms with Gasteiger partial charge in [-0.2, -0.15) is 0 Å². The summed E-state index contributed by atoms with van der Waals surface area (Å²) in [5, 5.41) is 8.55. The second kappa shape index (κ2) is 11.8. The van der Waals surface area contributed by atoms with E-state index in [1.54, 1.807) is 11.1 Å². The molecule has 0 unspecified atom stereocenters. The molecule has 1 rings (SSSR count). The quantitative estimate of drug-likeness (QED) is 0.286. The fraction of sp³-hybridized carbons (Fsp3) is 0.842. The van der Waals surface area contributed by atoms with Crippen molar-refractivity contribution in [3.8, 4) is 0 Å². The lowest BCUT2D eigenvalue weighted by molar-refractivity contribution is -0.137. The van der Waals surface area contributed by atoms with E-state index in [0.29, 0.717) is 6.42 Å². The molecule has 2 nitrogen and oxygen atoms in total. The van der Waals surface area contributed by atoms with Gasteiger partial charge in [0.1, 0.15) is 0 Å². The highest BCUT2D eigenvalue weighted by molar-refractivity contribution is 5.66. The average Bonchev–Trinajstić information content (AvgIpc) is 3.20. The molecule has 1 aliphatic rings. The van der Waals surface area contributed by atoms with E-state index in [9.17, 15) is 4.79 Å². The van der Waals surface area contributed by atoms with Crippen molar-refractivity contribution in [1.29, 1.82) is 0 Å². The molecule has 0 spiro atoms. The van der Waals surface area contributed by atoms with E-state index in [-0.39, 0.29) is 0 Å². The summed E-state index contributed by atoms with van der Waals surface area (Å²) in [7, 11) is 0. The van der Waals surface area contributed by atoms with Crippen LogP contribution in [0.3, 0.4) is 0 Å². The summed E-state index contributed by atoms with van der Waals surface area (Å²) in [4.78, 5) is 10.4. The number of allylic oxidation sites excluding steroid dienone is 2. The molecule has 1 N–H and O–H groups in total. The zero-order valence-corrected chi connectivity index (χ0v) is 14.0. The largest absolute Gasteiger partial charge is 0.481 e. The first kappa shape index (κ1) is 18.3. The van der Waals surface area contributed by atoms with E-state index in [1.165, 1.54) is 77.0 Å². The summed E-state index contributed by atoms with van der Waals surface area (Å²) in [6.07, 6.45) is 18.5. The van der Waals surface area contributed by atoms with Crippen molar-refractivity contribution in [2.45, 2.75) is 103 Å². The van der Waals surface area contributed by atoms with Gasteiger partial charge in [0, 0.05) is 6.42 Å². The van der Waals surface area contributed by atoms with Crippen molar-refractivity contribution in [2.75, 3.05) is 0 Å². The van der Waals surface area contributed by atoms with Crippen molar-refractivity contribution >= 4 is 5.97 Å². The first-order valence-electron chi connectivity index (χ1n) is 9.15.